The third kappa shape index (κ3) is 2.75. The summed E-state index contributed by atoms with van der Waals surface area (Å²) in [7, 11) is 0. The van der Waals surface area contributed by atoms with Crippen molar-refractivity contribution in [3.8, 4) is 0 Å². The zero-order valence-electron chi connectivity index (χ0n) is 5.43. The lowest BCUT2D eigenvalue weighted by Crippen LogP contribution is -2.20. The van der Waals surface area contributed by atoms with Gasteiger partial charge in [0.1, 0.15) is 0 Å². The lowest BCUT2D eigenvalue weighted by atomic mass is 10.1. The molecule has 0 radical (unpaired) electrons. The van der Waals surface area contributed by atoms with E-state index in [1.54, 1.807) is 0 Å². The monoisotopic (exact) mass is 192 g/mol. The molecule has 0 rings (SSSR count). The summed E-state index contributed by atoms with van der Waals surface area (Å²) in [6.45, 7) is 3.75. The van der Waals surface area contributed by atoms with Crippen molar-refractivity contribution in [2.24, 2.45) is 5.92 Å². The molecule has 0 aromatic rings. The molecular formula is C6H9BrO2. The van der Waals surface area contributed by atoms with Gasteiger partial charge < -0.3 is 0 Å². The van der Waals surface area contributed by atoms with E-state index in [0.717, 1.165) is 0 Å². The van der Waals surface area contributed by atoms with Gasteiger partial charge in [-0.3, -0.25) is 9.59 Å². The summed E-state index contributed by atoms with van der Waals surface area (Å²) in [5.74, 6) is -0.201. The largest absolute Gasteiger partial charge is 0.295 e. The number of alkyl halides is 1. The Morgan fingerprint density at radius 1 is 1.56 bits per heavy atom. The Labute approximate surface area is 62.8 Å². The lowest BCUT2D eigenvalue weighted by Gasteiger charge is -2.06. The van der Waals surface area contributed by atoms with Gasteiger partial charge >= 0.3 is 0 Å². The van der Waals surface area contributed by atoms with Gasteiger partial charge in [0, 0.05) is 0 Å². The predicted octanol–water partition coefficient (Wildman–Crippen LogP) is 1.17. The Bertz CT molecular complexity index is 120. The summed E-state index contributed by atoms with van der Waals surface area (Å²) in [6, 6.07) is 0. The van der Waals surface area contributed by atoms with Crippen LogP contribution in [0.3, 0.4) is 0 Å². The molecule has 0 heterocycles. The average molecular weight is 193 g/mol. The fourth-order valence-electron chi connectivity index (χ4n) is 0.394. The summed E-state index contributed by atoms with van der Waals surface area (Å²) in [5.41, 5.74) is 0. The number of rotatable bonds is 3. The number of carbonyl (C=O) groups excluding carboxylic acids is 2. The van der Waals surface area contributed by atoms with E-state index in [1.165, 1.54) is 0 Å². The number of ketones is 1. The summed E-state index contributed by atoms with van der Waals surface area (Å²) < 4.78 is 0. The second-order valence-corrected chi connectivity index (χ2v) is 3.15. The molecule has 1 atom stereocenters. The molecule has 2 nitrogen and oxygen atoms in total. The van der Waals surface area contributed by atoms with Gasteiger partial charge in [-0.05, 0) is 5.92 Å². The number of carbonyl (C=O) groups is 2. The first kappa shape index (κ1) is 8.82. The third-order valence-corrected chi connectivity index (χ3v) is 2.48. The lowest BCUT2D eigenvalue weighted by molar-refractivity contribution is -0.129. The van der Waals surface area contributed by atoms with Crippen LogP contribution in [0.1, 0.15) is 13.8 Å². The Balaban J connectivity index is 3.87. The van der Waals surface area contributed by atoms with Crippen LogP contribution in [0.25, 0.3) is 0 Å². The van der Waals surface area contributed by atoms with Gasteiger partial charge in [0.2, 0.25) is 5.78 Å². The number of aldehydes is 1. The average Bonchev–Trinajstić information content (AvgIpc) is 1.84. The van der Waals surface area contributed by atoms with E-state index in [9.17, 15) is 9.59 Å². The van der Waals surface area contributed by atoms with Gasteiger partial charge in [-0.25, -0.2) is 0 Å². The van der Waals surface area contributed by atoms with Crippen LogP contribution in [0, 0.1) is 5.92 Å². The van der Waals surface area contributed by atoms with Crippen molar-refractivity contribution in [3.63, 3.8) is 0 Å². The first-order valence-corrected chi connectivity index (χ1v) is 3.64. The highest BCUT2D eigenvalue weighted by molar-refractivity contribution is 9.10. The van der Waals surface area contributed by atoms with Crippen LogP contribution < -0.4 is 0 Å². The molecule has 3 heteroatoms. The summed E-state index contributed by atoms with van der Waals surface area (Å²) >= 11 is 3.09. The first-order chi connectivity index (χ1) is 4.09. The maximum absolute atomic E-state index is 10.5. The highest BCUT2D eigenvalue weighted by Gasteiger charge is 2.16. The molecule has 0 amide bonds. The molecule has 0 N–H and O–H groups in total. The van der Waals surface area contributed by atoms with Gasteiger partial charge in [0.25, 0.3) is 0 Å². The number of Topliss-reactive ketones (excluding diaryl/α,β-unsaturated/α-hetero) is 1. The molecule has 0 spiro atoms. The normalized spacial score (nSPS) is 13.3. The molecule has 0 fully saturated rings. The smallest absolute Gasteiger partial charge is 0.208 e. The molecule has 52 valence electrons. The molecule has 0 aromatic heterocycles. The van der Waals surface area contributed by atoms with Crippen LogP contribution in [-0.2, 0) is 9.59 Å². The minimum atomic E-state index is -0.384. The molecule has 9 heavy (non-hydrogen) atoms. The van der Waals surface area contributed by atoms with Crippen molar-refractivity contribution in [1.82, 2.24) is 0 Å². The second kappa shape index (κ2) is 3.77. The highest BCUT2D eigenvalue weighted by atomic mass is 79.9. The van der Waals surface area contributed by atoms with E-state index in [4.69, 9.17) is 0 Å². The Hall–Kier alpha value is -0.180. The molecule has 0 aromatic carbocycles. The van der Waals surface area contributed by atoms with Crippen molar-refractivity contribution in [2.45, 2.75) is 18.7 Å². The van der Waals surface area contributed by atoms with E-state index in [2.05, 4.69) is 15.9 Å². The van der Waals surface area contributed by atoms with E-state index >= 15 is 0 Å². The van der Waals surface area contributed by atoms with Crippen LogP contribution in [0.2, 0.25) is 0 Å². The molecule has 0 bridgehead atoms. The quantitative estimate of drug-likeness (QED) is 0.383. The van der Waals surface area contributed by atoms with Crippen LogP contribution in [0.15, 0.2) is 0 Å². The number of hydrogen-bond acceptors (Lipinski definition) is 2. The standard InChI is InChI=1S/C6H9BrO2/c1-4(2)6(7)5(9)3-8/h3-4,6H,1-2H3. The summed E-state index contributed by atoms with van der Waals surface area (Å²) in [6.07, 6.45) is 0.347. The van der Waals surface area contributed by atoms with Gasteiger partial charge in [-0.2, -0.15) is 0 Å². The maximum Gasteiger partial charge on any atom is 0.208 e. The van der Waals surface area contributed by atoms with Crippen LogP contribution >= 0.6 is 15.9 Å². The van der Waals surface area contributed by atoms with Crippen molar-refractivity contribution in [1.29, 1.82) is 0 Å². The molecule has 1 unspecified atom stereocenters. The molecule has 0 saturated carbocycles. The van der Waals surface area contributed by atoms with Crippen molar-refractivity contribution >= 4 is 28.0 Å². The predicted molar refractivity (Wildman–Crippen MR) is 38.6 cm³/mol. The maximum atomic E-state index is 10.5. The third-order valence-electron chi connectivity index (χ3n) is 0.973. The van der Waals surface area contributed by atoms with Crippen molar-refractivity contribution in [3.05, 3.63) is 0 Å². The Morgan fingerprint density at radius 3 is 2.11 bits per heavy atom. The van der Waals surface area contributed by atoms with Gasteiger partial charge in [-0.15, -0.1) is 0 Å². The van der Waals surface area contributed by atoms with Crippen molar-refractivity contribution < 1.29 is 9.59 Å². The Kier molecular flexibility index (Phi) is 3.70. The van der Waals surface area contributed by atoms with E-state index in [1.807, 2.05) is 13.8 Å². The van der Waals surface area contributed by atoms with Gasteiger partial charge in [-0.1, -0.05) is 29.8 Å². The number of halogens is 1. The van der Waals surface area contributed by atoms with Gasteiger partial charge in [0.15, 0.2) is 6.29 Å². The van der Waals surface area contributed by atoms with E-state index < -0.39 is 0 Å². The summed E-state index contributed by atoms with van der Waals surface area (Å²) in [4.78, 5) is 20.1. The van der Waals surface area contributed by atoms with E-state index in [-0.39, 0.29) is 16.5 Å². The second-order valence-electron chi connectivity index (χ2n) is 2.17. The van der Waals surface area contributed by atoms with Crippen LogP contribution in [0.4, 0.5) is 0 Å². The zero-order chi connectivity index (χ0) is 7.44. The van der Waals surface area contributed by atoms with E-state index in [0.29, 0.717) is 6.29 Å². The molecular weight excluding hydrogens is 184 g/mol. The van der Waals surface area contributed by atoms with Crippen LogP contribution in [0.5, 0.6) is 0 Å². The van der Waals surface area contributed by atoms with Crippen LogP contribution in [-0.4, -0.2) is 16.9 Å². The SMILES string of the molecule is CC(C)C(Br)C(=O)C=O. The van der Waals surface area contributed by atoms with Crippen molar-refractivity contribution in [2.75, 3.05) is 0 Å². The summed E-state index contributed by atoms with van der Waals surface area (Å²) in [5, 5.41) is 0. The molecule has 0 aliphatic carbocycles. The first-order valence-electron chi connectivity index (χ1n) is 2.72. The Morgan fingerprint density at radius 2 is 2.00 bits per heavy atom. The fourth-order valence-corrected chi connectivity index (χ4v) is 0.501. The topological polar surface area (TPSA) is 34.1 Å². The number of hydrogen-bond donors (Lipinski definition) is 0. The highest BCUT2D eigenvalue weighted by Crippen LogP contribution is 2.11. The molecule has 0 aliphatic rings. The van der Waals surface area contributed by atoms with Gasteiger partial charge in [0.05, 0.1) is 4.83 Å². The minimum Gasteiger partial charge on any atom is -0.295 e. The molecule has 0 saturated heterocycles. The minimum absolute atomic E-state index is 0.183. The zero-order valence-corrected chi connectivity index (χ0v) is 7.01. The fraction of sp³-hybridized carbons (Fsp3) is 0.667. The molecule has 0 aliphatic heterocycles.